The fourth-order valence-electron chi connectivity index (χ4n) is 2.64. The van der Waals surface area contributed by atoms with E-state index >= 15 is 0 Å². The summed E-state index contributed by atoms with van der Waals surface area (Å²) in [7, 11) is 0. The number of thioether (sulfide) groups is 1. The van der Waals surface area contributed by atoms with Gasteiger partial charge >= 0.3 is 0 Å². The van der Waals surface area contributed by atoms with Crippen molar-refractivity contribution in [3.05, 3.63) is 0 Å². The van der Waals surface area contributed by atoms with Crippen molar-refractivity contribution in [2.24, 2.45) is 16.3 Å². The topological polar surface area (TPSA) is 24.4 Å². The van der Waals surface area contributed by atoms with Gasteiger partial charge in [0.25, 0.3) is 0 Å². The van der Waals surface area contributed by atoms with E-state index in [-0.39, 0.29) is 0 Å². The van der Waals surface area contributed by atoms with Crippen LogP contribution >= 0.6 is 11.8 Å². The lowest BCUT2D eigenvalue weighted by Gasteiger charge is -2.36. The second kappa shape index (κ2) is 4.99. The Hall–Kier alpha value is -0.180. The standard InChI is InChI=1S/C13H24N2S/c1-10-8-14-12(16-9-10)15-11-5-4-6-13(2,3)7-11/h10-11H,4-9H2,1-3H3,(H,14,15). The molecule has 2 rings (SSSR count). The molecule has 1 heterocycles. The summed E-state index contributed by atoms with van der Waals surface area (Å²) in [6, 6.07) is 0.656. The molecule has 92 valence electrons. The van der Waals surface area contributed by atoms with Gasteiger partial charge in [-0.05, 0) is 30.6 Å². The Bertz CT molecular complexity index is 273. The first-order valence-electron chi connectivity index (χ1n) is 6.49. The molecule has 2 aliphatic rings. The summed E-state index contributed by atoms with van der Waals surface area (Å²) in [5, 5.41) is 4.84. The molecule has 2 nitrogen and oxygen atoms in total. The fraction of sp³-hybridized carbons (Fsp3) is 0.923. The first kappa shape index (κ1) is 12.3. The molecule has 0 saturated heterocycles. The second-order valence-electron chi connectivity index (χ2n) is 6.16. The molecule has 16 heavy (non-hydrogen) atoms. The predicted octanol–water partition coefficient (Wildman–Crippen LogP) is 3.28. The lowest BCUT2D eigenvalue weighted by Crippen LogP contribution is -2.40. The SMILES string of the molecule is CC1CN=C(NC2CCCC(C)(C)C2)SC1. The Morgan fingerprint density at radius 1 is 1.44 bits per heavy atom. The van der Waals surface area contributed by atoms with Gasteiger partial charge in [0.2, 0.25) is 0 Å². The summed E-state index contributed by atoms with van der Waals surface area (Å²) in [4.78, 5) is 4.62. The maximum absolute atomic E-state index is 4.62. The highest BCUT2D eigenvalue weighted by molar-refractivity contribution is 8.13. The zero-order valence-electron chi connectivity index (χ0n) is 10.8. The predicted molar refractivity (Wildman–Crippen MR) is 73.1 cm³/mol. The van der Waals surface area contributed by atoms with E-state index in [2.05, 4.69) is 31.1 Å². The number of nitrogens with one attached hydrogen (secondary N) is 1. The maximum atomic E-state index is 4.62. The van der Waals surface area contributed by atoms with Gasteiger partial charge in [0.15, 0.2) is 5.17 Å². The van der Waals surface area contributed by atoms with Crippen molar-refractivity contribution in [3.8, 4) is 0 Å². The number of rotatable bonds is 1. The van der Waals surface area contributed by atoms with E-state index in [9.17, 15) is 0 Å². The monoisotopic (exact) mass is 240 g/mol. The van der Waals surface area contributed by atoms with E-state index in [1.54, 1.807) is 0 Å². The van der Waals surface area contributed by atoms with Crippen LogP contribution in [0, 0.1) is 11.3 Å². The largest absolute Gasteiger partial charge is 0.362 e. The third kappa shape index (κ3) is 3.41. The van der Waals surface area contributed by atoms with Crippen LogP contribution in [0.4, 0.5) is 0 Å². The Labute approximate surface area is 104 Å². The van der Waals surface area contributed by atoms with E-state index in [4.69, 9.17) is 0 Å². The molecular weight excluding hydrogens is 216 g/mol. The molecule has 1 fully saturated rings. The minimum absolute atomic E-state index is 0.517. The van der Waals surface area contributed by atoms with E-state index in [0.717, 1.165) is 12.5 Å². The van der Waals surface area contributed by atoms with Crippen molar-refractivity contribution in [1.29, 1.82) is 0 Å². The number of amidine groups is 1. The van der Waals surface area contributed by atoms with Gasteiger partial charge in [0.05, 0.1) is 0 Å². The lowest BCUT2D eigenvalue weighted by molar-refractivity contribution is 0.211. The second-order valence-corrected chi connectivity index (χ2v) is 7.17. The van der Waals surface area contributed by atoms with E-state index < -0.39 is 0 Å². The average molecular weight is 240 g/mol. The molecule has 0 amide bonds. The highest BCUT2D eigenvalue weighted by Crippen LogP contribution is 2.35. The quantitative estimate of drug-likeness (QED) is 0.760. The van der Waals surface area contributed by atoms with Crippen LogP contribution in [0.2, 0.25) is 0 Å². The van der Waals surface area contributed by atoms with Crippen LogP contribution in [0.25, 0.3) is 0 Å². The zero-order chi connectivity index (χ0) is 11.6. The van der Waals surface area contributed by atoms with Crippen LogP contribution in [-0.4, -0.2) is 23.5 Å². The zero-order valence-corrected chi connectivity index (χ0v) is 11.6. The number of hydrogen-bond acceptors (Lipinski definition) is 3. The van der Waals surface area contributed by atoms with Gasteiger partial charge in [0.1, 0.15) is 0 Å². The summed E-state index contributed by atoms with van der Waals surface area (Å²) in [6.07, 6.45) is 5.35. The van der Waals surface area contributed by atoms with Crippen LogP contribution in [0.1, 0.15) is 46.5 Å². The molecule has 0 bridgehead atoms. The van der Waals surface area contributed by atoms with E-state index in [1.165, 1.54) is 36.6 Å². The van der Waals surface area contributed by atoms with Crippen LogP contribution in [0.15, 0.2) is 4.99 Å². The third-order valence-corrected chi connectivity index (χ3v) is 4.84. The van der Waals surface area contributed by atoms with Gasteiger partial charge in [0, 0.05) is 18.3 Å². The molecule has 0 aromatic carbocycles. The molecule has 0 aromatic rings. The summed E-state index contributed by atoms with van der Waals surface area (Å²) >= 11 is 1.90. The average Bonchev–Trinajstić information content (AvgIpc) is 2.20. The molecule has 0 aromatic heterocycles. The van der Waals surface area contributed by atoms with Crippen molar-refractivity contribution in [2.75, 3.05) is 12.3 Å². The number of nitrogens with zero attached hydrogens (tertiary/aromatic N) is 1. The van der Waals surface area contributed by atoms with Crippen LogP contribution in [0.5, 0.6) is 0 Å². The highest BCUT2D eigenvalue weighted by atomic mass is 32.2. The molecule has 3 heteroatoms. The minimum Gasteiger partial charge on any atom is -0.362 e. The summed E-state index contributed by atoms with van der Waals surface area (Å²) in [6.45, 7) is 8.06. The van der Waals surface area contributed by atoms with Crippen LogP contribution in [-0.2, 0) is 0 Å². The Kier molecular flexibility index (Phi) is 3.83. The minimum atomic E-state index is 0.517. The third-order valence-electron chi connectivity index (χ3n) is 3.58. The van der Waals surface area contributed by atoms with Crippen LogP contribution in [0.3, 0.4) is 0 Å². The number of aliphatic imine (C=N–C) groups is 1. The molecular formula is C13H24N2S. The number of hydrogen-bond donors (Lipinski definition) is 1. The van der Waals surface area contributed by atoms with Gasteiger partial charge in [-0.2, -0.15) is 0 Å². The smallest absolute Gasteiger partial charge is 0.156 e. The molecule has 0 spiro atoms. The molecule has 1 saturated carbocycles. The highest BCUT2D eigenvalue weighted by Gasteiger charge is 2.28. The molecule has 1 aliphatic carbocycles. The van der Waals surface area contributed by atoms with Crippen molar-refractivity contribution in [2.45, 2.75) is 52.5 Å². The van der Waals surface area contributed by atoms with Crippen molar-refractivity contribution in [1.82, 2.24) is 5.32 Å². The molecule has 2 atom stereocenters. The van der Waals surface area contributed by atoms with Gasteiger partial charge in [-0.1, -0.05) is 39.0 Å². The van der Waals surface area contributed by atoms with Crippen molar-refractivity contribution < 1.29 is 0 Å². The Balaban J connectivity index is 1.85. The molecule has 1 aliphatic heterocycles. The van der Waals surface area contributed by atoms with Crippen molar-refractivity contribution in [3.63, 3.8) is 0 Å². The summed E-state index contributed by atoms with van der Waals surface area (Å²) < 4.78 is 0. The van der Waals surface area contributed by atoms with Gasteiger partial charge in [-0.3, -0.25) is 4.99 Å². The van der Waals surface area contributed by atoms with E-state index in [1.807, 2.05) is 11.8 Å². The summed E-state index contributed by atoms with van der Waals surface area (Å²) in [5.41, 5.74) is 0.517. The van der Waals surface area contributed by atoms with Gasteiger partial charge < -0.3 is 5.32 Å². The van der Waals surface area contributed by atoms with Gasteiger partial charge in [-0.15, -0.1) is 0 Å². The fourth-order valence-corrected chi connectivity index (χ4v) is 3.61. The van der Waals surface area contributed by atoms with E-state index in [0.29, 0.717) is 11.5 Å². The van der Waals surface area contributed by atoms with Crippen molar-refractivity contribution >= 4 is 16.9 Å². The molecule has 1 N–H and O–H groups in total. The molecule has 0 radical (unpaired) electrons. The lowest BCUT2D eigenvalue weighted by atomic mass is 9.75. The molecule has 2 unspecified atom stereocenters. The summed E-state index contributed by atoms with van der Waals surface area (Å²) in [5.74, 6) is 1.97. The Morgan fingerprint density at radius 2 is 2.25 bits per heavy atom. The Morgan fingerprint density at radius 3 is 2.88 bits per heavy atom. The normalized spacial score (nSPS) is 34.3. The first-order valence-corrected chi connectivity index (χ1v) is 7.47. The van der Waals surface area contributed by atoms with Crippen LogP contribution < -0.4 is 5.32 Å². The van der Waals surface area contributed by atoms with Gasteiger partial charge in [-0.25, -0.2) is 0 Å². The maximum Gasteiger partial charge on any atom is 0.156 e. The first-order chi connectivity index (χ1) is 7.55.